The second-order valence-electron chi connectivity index (χ2n) is 6.06. The van der Waals surface area contributed by atoms with Gasteiger partial charge in [-0.25, -0.2) is 4.98 Å². The minimum atomic E-state index is 0.160. The molecule has 3 rings (SSSR count). The summed E-state index contributed by atoms with van der Waals surface area (Å²) in [6, 6.07) is 7.89. The Bertz CT molecular complexity index is 644. The highest BCUT2D eigenvalue weighted by Crippen LogP contribution is 2.24. The summed E-state index contributed by atoms with van der Waals surface area (Å²) in [4.78, 5) is 19.1. The van der Waals surface area contributed by atoms with Crippen LogP contribution < -0.4 is 0 Å². The number of carbonyl (C=O) groups excluding carboxylic acids is 1. The van der Waals surface area contributed by atoms with Gasteiger partial charge in [0.15, 0.2) is 5.16 Å². The van der Waals surface area contributed by atoms with Crippen molar-refractivity contribution in [1.29, 1.82) is 0 Å². The van der Waals surface area contributed by atoms with Crippen LogP contribution in [0.5, 0.6) is 0 Å². The summed E-state index contributed by atoms with van der Waals surface area (Å²) in [5.74, 6) is 1.58. The molecule has 1 atom stereocenters. The Hall–Kier alpha value is -1.82. The van der Waals surface area contributed by atoms with Crippen molar-refractivity contribution in [2.45, 2.75) is 37.1 Å². The van der Waals surface area contributed by atoms with E-state index >= 15 is 0 Å². The number of H-pyrrole nitrogens is 1. The number of hydrogen-bond donors (Lipinski definition) is 1. The number of aromatic nitrogens is 3. The van der Waals surface area contributed by atoms with E-state index in [2.05, 4.69) is 22.1 Å². The average Bonchev–Trinajstić information content (AvgIpc) is 3.00. The zero-order valence-corrected chi connectivity index (χ0v) is 14.2. The van der Waals surface area contributed by atoms with Gasteiger partial charge in [-0.3, -0.25) is 9.89 Å². The number of benzene rings is 1. The summed E-state index contributed by atoms with van der Waals surface area (Å²) in [5, 5.41) is 7.46. The van der Waals surface area contributed by atoms with Crippen molar-refractivity contribution in [3.8, 4) is 0 Å². The molecule has 2 heterocycles. The van der Waals surface area contributed by atoms with Gasteiger partial charge in [0.25, 0.3) is 5.91 Å². The zero-order valence-electron chi connectivity index (χ0n) is 13.4. The molecule has 1 aliphatic heterocycles. The SMILES string of the molecule is CC1CCCN(C(=O)c2ccccc2CSc2ncn[nH]2)CC1. The van der Waals surface area contributed by atoms with Gasteiger partial charge in [0.2, 0.25) is 0 Å². The number of amides is 1. The van der Waals surface area contributed by atoms with Crippen molar-refractivity contribution >= 4 is 17.7 Å². The highest BCUT2D eigenvalue weighted by Gasteiger charge is 2.21. The molecule has 1 aromatic carbocycles. The molecule has 2 aromatic rings. The minimum absolute atomic E-state index is 0.160. The summed E-state index contributed by atoms with van der Waals surface area (Å²) in [6.07, 6.45) is 4.91. The summed E-state index contributed by atoms with van der Waals surface area (Å²) >= 11 is 1.56. The first-order valence-electron chi connectivity index (χ1n) is 8.09. The van der Waals surface area contributed by atoms with Crippen LogP contribution in [0.15, 0.2) is 35.7 Å². The van der Waals surface area contributed by atoms with Gasteiger partial charge in [-0.05, 0) is 36.8 Å². The van der Waals surface area contributed by atoms with E-state index in [9.17, 15) is 4.79 Å². The van der Waals surface area contributed by atoms with Crippen LogP contribution >= 0.6 is 11.8 Å². The molecule has 1 aliphatic rings. The van der Waals surface area contributed by atoms with Gasteiger partial charge < -0.3 is 4.90 Å². The molecule has 1 saturated heterocycles. The monoisotopic (exact) mass is 330 g/mol. The summed E-state index contributed by atoms with van der Waals surface area (Å²) < 4.78 is 0. The van der Waals surface area contributed by atoms with Crippen LogP contribution in [0.3, 0.4) is 0 Å². The molecule has 122 valence electrons. The lowest BCUT2D eigenvalue weighted by Crippen LogP contribution is -2.32. The maximum absolute atomic E-state index is 12.9. The van der Waals surface area contributed by atoms with Gasteiger partial charge in [-0.1, -0.05) is 36.9 Å². The van der Waals surface area contributed by atoms with E-state index in [-0.39, 0.29) is 5.91 Å². The molecule has 0 aliphatic carbocycles. The van der Waals surface area contributed by atoms with Gasteiger partial charge in [0, 0.05) is 24.4 Å². The second-order valence-corrected chi connectivity index (χ2v) is 7.03. The van der Waals surface area contributed by atoms with Crippen molar-refractivity contribution in [1.82, 2.24) is 20.1 Å². The van der Waals surface area contributed by atoms with E-state index in [0.717, 1.165) is 42.2 Å². The van der Waals surface area contributed by atoms with Crippen molar-refractivity contribution in [3.05, 3.63) is 41.7 Å². The molecule has 0 bridgehead atoms. The molecule has 0 spiro atoms. The third-order valence-corrected chi connectivity index (χ3v) is 5.23. The minimum Gasteiger partial charge on any atom is -0.339 e. The highest BCUT2D eigenvalue weighted by atomic mass is 32.2. The predicted molar refractivity (Wildman–Crippen MR) is 91.3 cm³/mol. The Balaban J connectivity index is 1.72. The Labute approximate surface area is 140 Å². The second kappa shape index (κ2) is 7.64. The number of nitrogens with zero attached hydrogens (tertiary/aromatic N) is 3. The molecule has 1 aromatic heterocycles. The molecular formula is C17H22N4OS. The van der Waals surface area contributed by atoms with Crippen LogP contribution in [0.1, 0.15) is 42.1 Å². The maximum Gasteiger partial charge on any atom is 0.254 e. The van der Waals surface area contributed by atoms with Crippen LogP contribution in [-0.2, 0) is 5.75 Å². The topological polar surface area (TPSA) is 61.9 Å². The molecule has 0 radical (unpaired) electrons. The Morgan fingerprint density at radius 3 is 3.04 bits per heavy atom. The molecule has 5 nitrogen and oxygen atoms in total. The van der Waals surface area contributed by atoms with E-state index in [0.29, 0.717) is 11.7 Å². The first kappa shape index (κ1) is 16.1. The molecule has 6 heteroatoms. The lowest BCUT2D eigenvalue weighted by molar-refractivity contribution is 0.0759. The fraction of sp³-hybridized carbons (Fsp3) is 0.471. The van der Waals surface area contributed by atoms with E-state index in [4.69, 9.17) is 0 Å². The smallest absolute Gasteiger partial charge is 0.254 e. The average molecular weight is 330 g/mol. The lowest BCUT2D eigenvalue weighted by atomic mass is 10.0. The number of hydrogen-bond acceptors (Lipinski definition) is 4. The fourth-order valence-corrected chi connectivity index (χ4v) is 3.68. The van der Waals surface area contributed by atoms with Crippen LogP contribution in [-0.4, -0.2) is 39.1 Å². The zero-order chi connectivity index (χ0) is 16.1. The van der Waals surface area contributed by atoms with E-state index in [1.807, 2.05) is 29.2 Å². The Kier molecular flexibility index (Phi) is 5.33. The Morgan fingerprint density at radius 1 is 1.35 bits per heavy atom. The first-order chi connectivity index (χ1) is 11.2. The van der Waals surface area contributed by atoms with Crippen LogP contribution in [0.4, 0.5) is 0 Å². The van der Waals surface area contributed by atoms with Gasteiger partial charge in [-0.15, -0.1) is 0 Å². The van der Waals surface area contributed by atoms with E-state index in [1.165, 1.54) is 12.7 Å². The highest BCUT2D eigenvalue weighted by molar-refractivity contribution is 7.98. The maximum atomic E-state index is 12.9. The number of rotatable bonds is 4. The van der Waals surface area contributed by atoms with Crippen molar-refractivity contribution in [3.63, 3.8) is 0 Å². The van der Waals surface area contributed by atoms with Gasteiger partial charge in [0.1, 0.15) is 6.33 Å². The summed E-state index contributed by atoms with van der Waals surface area (Å²) in [6.45, 7) is 4.01. The summed E-state index contributed by atoms with van der Waals surface area (Å²) in [7, 11) is 0. The largest absolute Gasteiger partial charge is 0.339 e. The van der Waals surface area contributed by atoms with Gasteiger partial charge in [-0.2, -0.15) is 5.10 Å². The first-order valence-corrected chi connectivity index (χ1v) is 9.08. The number of carbonyl (C=O) groups is 1. The van der Waals surface area contributed by atoms with Gasteiger partial charge in [0.05, 0.1) is 0 Å². The quantitative estimate of drug-likeness (QED) is 0.873. The standard InChI is InChI=1S/C17H22N4OS/c1-13-5-4-9-21(10-8-13)16(22)15-7-3-2-6-14(15)11-23-17-18-12-19-20-17/h2-3,6-7,12-13H,4-5,8-11H2,1H3,(H,18,19,20). The number of nitrogens with one attached hydrogen (secondary N) is 1. The number of aromatic amines is 1. The molecule has 1 amide bonds. The normalized spacial score (nSPS) is 18.7. The van der Waals surface area contributed by atoms with Crippen LogP contribution in [0, 0.1) is 5.92 Å². The van der Waals surface area contributed by atoms with Crippen molar-refractivity contribution in [2.24, 2.45) is 5.92 Å². The Morgan fingerprint density at radius 2 is 2.22 bits per heavy atom. The fourth-order valence-electron chi connectivity index (χ4n) is 2.90. The number of likely N-dealkylation sites (tertiary alicyclic amines) is 1. The molecule has 1 N–H and O–H groups in total. The molecule has 23 heavy (non-hydrogen) atoms. The number of thioether (sulfide) groups is 1. The predicted octanol–water partition coefficient (Wildman–Crippen LogP) is 3.36. The molecular weight excluding hydrogens is 308 g/mol. The third kappa shape index (κ3) is 4.13. The van der Waals surface area contributed by atoms with Crippen molar-refractivity contribution in [2.75, 3.05) is 13.1 Å². The van der Waals surface area contributed by atoms with Gasteiger partial charge >= 0.3 is 0 Å². The van der Waals surface area contributed by atoms with Crippen molar-refractivity contribution < 1.29 is 4.79 Å². The van der Waals surface area contributed by atoms with E-state index < -0.39 is 0 Å². The summed E-state index contributed by atoms with van der Waals surface area (Å²) in [5.41, 5.74) is 1.87. The van der Waals surface area contributed by atoms with E-state index in [1.54, 1.807) is 11.8 Å². The lowest BCUT2D eigenvalue weighted by Gasteiger charge is -2.22. The molecule has 0 saturated carbocycles. The van der Waals surface area contributed by atoms with Crippen LogP contribution in [0.25, 0.3) is 0 Å². The molecule has 1 fully saturated rings. The third-order valence-electron chi connectivity index (χ3n) is 4.31. The van der Waals surface area contributed by atoms with Crippen LogP contribution in [0.2, 0.25) is 0 Å². The molecule has 1 unspecified atom stereocenters.